The van der Waals surface area contributed by atoms with Gasteiger partial charge in [-0.2, -0.15) is 5.26 Å². The molecule has 0 amide bonds. The largest absolute Gasteiger partial charge is 0.379 e. The molecule has 122 valence electrons. The maximum atomic E-state index is 14.3. The van der Waals surface area contributed by atoms with Crippen LogP contribution in [0.5, 0.6) is 0 Å². The van der Waals surface area contributed by atoms with E-state index in [1.807, 2.05) is 0 Å². The molecule has 0 spiro atoms. The van der Waals surface area contributed by atoms with Crippen LogP contribution in [0.1, 0.15) is 34.8 Å². The second-order valence-corrected chi connectivity index (χ2v) is 6.32. The molecule has 2 aliphatic carbocycles. The van der Waals surface area contributed by atoms with Gasteiger partial charge in [0.05, 0.1) is 5.56 Å². The summed E-state index contributed by atoms with van der Waals surface area (Å²) in [5.41, 5.74) is -1.66. The van der Waals surface area contributed by atoms with Gasteiger partial charge in [0, 0.05) is 12.8 Å². The van der Waals surface area contributed by atoms with E-state index >= 15 is 0 Å². The summed E-state index contributed by atoms with van der Waals surface area (Å²) in [6.45, 7) is 0. The van der Waals surface area contributed by atoms with Crippen molar-refractivity contribution in [3.8, 4) is 17.2 Å². The quantitative estimate of drug-likeness (QED) is 0.797. The molecule has 2 aromatic rings. The topological polar surface area (TPSA) is 44.0 Å². The zero-order chi connectivity index (χ0) is 17.3. The second kappa shape index (κ2) is 4.58. The third-order valence-corrected chi connectivity index (χ3v) is 4.92. The van der Waals surface area contributed by atoms with Gasteiger partial charge in [0.1, 0.15) is 18.1 Å². The third kappa shape index (κ3) is 1.79. The monoisotopic (exact) mass is 333 g/mol. The van der Waals surface area contributed by atoms with Crippen molar-refractivity contribution < 1.29 is 22.7 Å². The van der Waals surface area contributed by atoms with Crippen molar-refractivity contribution in [3.63, 3.8) is 0 Å². The van der Waals surface area contributed by atoms with Gasteiger partial charge < -0.3 is 5.11 Å². The SMILES string of the molecule is N#Cc1ccc(-c2cc3c4c(c2)[C@H](F)C[C@@]4(O)C(F)(F)C3)cc1F. The lowest BCUT2D eigenvalue weighted by atomic mass is 9.94. The molecule has 4 rings (SSSR count). The van der Waals surface area contributed by atoms with Crippen molar-refractivity contribution in [1.82, 2.24) is 0 Å². The van der Waals surface area contributed by atoms with Crippen LogP contribution >= 0.6 is 0 Å². The van der Waals surface area contributed by atoms with Crippen molar-refractivity contribution >= 4 is 0 Å². The molecule has 2 nitrogen and oxygen atoms in total. The first-order valence-electron chi connectivity index (χ1n) is 7.38. The number of hydrogen-bond donors (Lipinski definition) is 1. The van der Waals surface area contributed by atoms with Gasteiger partial charge in [-0.25, -0.2) is 17.6 Å². The molecule has 0 bridgehead atoms. The van der Waals surface area contributed by atoms with Crippen LogP contribution in [-0.2, 0) is 12.0 Å². The van der Waals surface area contributed by atoms with E-state index in [-0.39, 0.29) is 22.3 Å². The lowest BCUT2D eigenvalue weighted by Crippen LogP contribution is -2.40. The number of alkyl halides is 3. The van der Waals surface area contributed by atoms with E-state index in [9.17, 15) is 22.7 Å². The summed E-state index contributed by atoms with van der Waals surface area (Å²) in [5, 5.41) is 19.1. The summed E-state index contributed by atoms with van der Waals surface area (Å²) < 4.78 is 56.4. The molecule has 2 atom stereocenters. The normalized spacial score (nSPS) is 26.2. The summed E-state index contributed by atoms with van der Waals surface area (Å²) in [6, 6.07) is 8.40. The highest BCUT2D eigenvalue weighted by Crippen LogP contribution is 2.60. The van der Waals surface area contributed by atoms with Crippen LogP contribution in [0.15, 0.2) is 30.3 Å². The van der Waals surface area contributed by atoms with E-state index < -0.39 is 36.4 Å². The van der Waals surface area contributed by atoms with Gasteiger partial charge in [0.15, 0.2) is 5.60 Å². The van der Waals surface area contributed by atoms with E-state index in [0.29, 0.717) is 11.1 Å². The smallest absolute Gasteiger partial charge is 0.284 e. The molecule has 0 heterocycles. The number of nitriles is 1. The highest BCUT2D eigenvalue weighted by molar-refractivity contribution is 5.70. The molecule has 0 fully saturated rings. The van der Waals surface area contributed by atoms with Crippen LogP contribution < -0.4 is 0 Å². The van der Waals surface area contributed by atoms with Gasteiger partial charge in [-0.3, -0.25) is 0 Å². The Morgan fingerprint density at radius 3 is 2.58 bits per heavy atom. The predicted octanol–water partition coefficient (Wildman–Crippen LogP) is 4.16. The maximum absolute atomic E-state index is 14.3. The fourth-order valence-electron chi connectivity index (χ4n) is 3.76. The number of rotatable bonds is 1. The Morgan fingerprint density at radius 2 is 1.92 bits per heavy atom. The first-order valence-corrected chi connectivity index (χ1v) is 7.38. The Bertz CT molecular complexity index is 918. The van der Waals surface area contributed by atoms with E-state index in [0.717, 1.165) is 6.07 Å². The molecule has 2 aliphatic rings. The highest BCUT2D eigenvalue weighted by atomic mass is 19.3. The zero-order valence-electron chi connectivity index (χ0n) is 12.3. The Morgan fingerprint density at radius 1 is 1.17 bits per heavy atom. The molecule has 24 heavy (non-hydrogen) atoms. The van der Waals surface area contributed by atoms with Crippen molar-refractivity contribution in [1.29, 1.82) is 5.26 Å². The Labute approximate surface area is 135 Å². The van der Waals surface area contributed by atoms with Gasteiger partial charge in [-0.1, -0.05) is 12.1 Å². The van der Waals surface area contributed by atoms with Crippen LogP contribution in [0.2, 0.25) is 0 Å². The number of aliphatic hydroxyl groups is 1. The van der Waals surface area contributed by atoms with E-state index in [2.05, 4.69) is 0 Å². The number of halogens is 4. The van der Waals surface area contributed by atoms with Crippen LogP contribution in [0.25, 0.3) is 11.1 Å². The van der Waals surface area contributed by atoms with Gasteiger partial charge >= 0.3 is 0 Å². The highest BCUT2D eigenvalue weighted by Gasteiger charge is 2.64. The van der Waals surface area contributed by atoms with Crippen molar-refractivity contribution in [2.45, 2.75) is 30.5 Å². The Balaban J connectivity index is 1.90. The average Bonchev–Trinajstić information content (AvgIpc) is 2.90. The Hall–Kier alpha value is -2.39. The number of benzene rings is 2. The lowest BCUT2D eigenvalue weighted by Gasteiger charge is -2.26. The molecule has 0 unspecified atom stereocenters. The van der Waals surface area contributed by atoms with Gasteiger partial charge in [0.2, 0.25) is 0 Å². The zero-order valence-corrected chi connectivity index (χ0v) is 12.3. The summed E-state index contributed by atoms with van der Waals surface area (Å²) in [7, 11) is 0. The fourth-order valence-corrected chi connectivity index (χ4v) is 3.76. The minimum atomic E-state index is -3.43. The first-order chi connectivity index (χ1) is 11.3. The summed E-state index contributed by atoms with van der Waals surface area (Å²) in [6.07, 6.45) is -3.04. The second-order valence-electron chi connectivity index (χ2n) is 6.32. The van der Waals surface area contributed by atoms with Crippen LogP contribution in [0.3, 0.4) is 0 Å². The van der Waals surface area contributed by atoms with Crippen molar-refractivity contribution in [3.05, 3.63) is 58.4 Å². The summed E-state index contributed by atoms with van der Waals surface area (Å²) in [4.78, 5) is 0. The molecule has 0 aromatic heterocycles. The minimum Gasteiger partial charge on any atom is -0.379 e. The first kappa shape index (κ1) is 15.2. The van der Waals surface area contributed by atoms with Crippen molar-refractivity contribution in [2.24, 2.45) is 0 Å². The molecule has 0 saturated carbocycles. The molecule has 2 aromatic carbocycles. The number of hydrogen-bond acceptors (Lipinski definition) is 2. The van der Waals surface area contributed by atoms with Crippen LogP contribution in [-0.4, -0.2) is 11.0 Å². The van der Waals surface area contributed by atoms with Gasteiger partial charge in [-0.15, -0.1) is 0 Å². The van der Waals surface area contributed by atoms with Crippen LogP contribution in [0, 0.1) is 17.1 Å². The molecular weight excluding hydrogens is 322 g/mol. The summed E-state index contributed by atoms with van der Waals surface area (Å²) in [5.74, 6) is -4.16. The van der Waals surface area contributed by atoms with Gasteiger partial charge in [-0.05, 0) is 46.0 Å². The van der Waals surface area contributed by atoms with Crippen molar-refractivity contribution in [2.75, 3.05) is 0 Å². The molecule has 0 saturated heterocycles. The standard InChI is InChI=1S/C18H11F4NO/c19-14-5-9(1-2-10(14)8-23)11-3-12-6-18(21,22)17(24)7-15(20)13(4-11)16(12)17/h1-5,15,24H,6-7H2/t15-,17+/m1/s1. The molecule has 1 N–H and O–H groups in total. The predicted molar refractivity (Wildman–Crippen MR) is 77.6 cm³/mol. The molecule has 0 aliphatic heterocycles. The van der Waals surface area contributed by atoms with E-state index in [1.54, 1.807) is 6.07 Å². The van der Waals surface area contributed by atoms with Crippen LogP contribution in [0.4, 0.5) is 17.6 Å². The Kier molecular flexibility index (Phi) is 2.89. The molecular formula is C18H11F4NO. The summed E-state index contributed by atoms with van der Waals surface area (Å²) >= 11 is 0. The third-order valence-electron chi connectivity index (χ3n) is 4.92. The molecule has 0 radical (unpaired) electrons. The van der Waals surface area contributed by atoms with Gasteiger partial charge in [0.25, 0.3) is 5.92 Å². The number of nitrogens with zero attached hydrogens (tertiary/aromatic N) is 1. The van der Waals surface area contributed by atoms with E-state index in [1.165, 1.54) is 24.3 Å². The minimum absolute atomic E-state index is 0.0298. The average molecular weight is 333 g/mol. The fraction of sp³-hybridized carbons (Fsp3) is 0.278. The molecule has 6 heteroatoms. The lowest BCUT2D eigenvalue weighted by molar-refractivity contribution is -0.178. The van der Waals surface area contributed by atoms with E-state index in [4.69, 9.17) is 5.26 Å². The maximum Gasteiger partial charge on any atom is 0.284 e.